The number of anilines is 1. The number of aromatic nitrogens is 5. The second-order valence-electron chi connectivity index (χ2n) is 5.45. The van der Waals surface area contributed by atoms with Gasteiger partial charge >= 0.3 is 5.92 Å². The highest BCUT2D eigenvalue weighted by molar-refractivity contribution is 5.90. The van der Waals surface area contributed by atoms with Gasteiger partial charge in [0, 0.05) is 43.3 Å². The molecule has 3 aromatic rings. The van der Waals surface area contributed by atoms with Crippen molar-refractivity contribution in [3.8, 4) is 5.82 Å². The predicted molar refractivity (Wildman–Crippen MR) is 83.1 cm³/mol. The molecule has 0 aliphatic heterocycles. The summed E-state index contributed by atoms with van der Waals surface area (Å²) in [5, 5.41) is 7.43. The van der Waals surface area contributed by atoms with Gasteiger partial charge in [-0.05, 0) is 6.92 Å². The smallest absolute Gasteiger partial charge is 0.303 e. The number of hydrogen-bond donors (Lipinski definition) is 1. The molecule has 1 amide bonds. The van der Waals surface area contributed by atoms with E-state index < -0.39 is 11.7 Å². The molecule has 124 valence electrons. The van der Waals surface area contributed by atoms with Crippen LogP contribution in [-0.4, -0.2) is 30.6 Å². The number of hydrogen-bond acceptors (Lipinski definition) is 5. The Balaban J connectivity index is 2.15. The minimum absolute atomic E-state index is 0.217. The summed E-state index contributed by atoms with van der Waals surface area (Å²) in [6.07, 6.45) is 3.08. The van der Waals surface area contributed by atoms with E-state index in [1.807, 2.05) is 0 Å². The first-order valence-corrected chi connectivity index (χ1v) is 7.10. The number of halogens is 2. The monoisotopic (exact) mass is 332 g/mol. The van der Waals surface area contributed by atoms with Crippen LogP contribution in [0.15, 0.2) is 24.5 Å². The van der Waals surface area contributed by atoms with Crippen LogP contribution < -0.4 is 5.32 Å². The van der Waals surface area contributed by atoms with E-state index in [1.165, 1.54) is 17.8 Å². The molecule has 3 aromatic heterocycles. The van der Waals surface area contributed by atoms with Crippen LogP contribution in [0.5, 0.6) is 0 Å². The maximum Gasteiger partial charge on any atom is 0.303 e. The average Bonchev–Trinajstić information content (AvgIpc) is 2.88. The number of pyridine rings is 1. The Kier molecular flexibility index (Phi) is 3.70. The summed E-state index contributed by atoms with van der Waals surface area (Å²) >= 11 is 0. The van der Waals surface area contributed by atoms with E-state index >= 15 is 0 Å². The molecular weight excluding hydrogens is 318 g/mol. The van der Waals surface area contributed by atoms with E-state index in [1.54, 1.807) is 25.3 Å². The first-order valence-electron chi connectivity index (χ1n) is 7.10. The minimum Gasteiger partial charge on any atom is -0.311 e. The summed E-state index contributed by atoms with van der Waals surface area (Å²) in [6, 6.07) is 3.16. The fraction of sp³-hybridized carbons (Fsp3) is 0.267. The molecule has 0 radical (unpaired) electrons. The minimum atomic E-state index is -3.16. The molecule has 0 saturated carbocycles. The van der Waals surface area contributed by atoms with Crippen molar-refractivity contribution in [3.05, 3.63) is 36.0 Å². The molecule has 0 aromatic carbocycles. The van der Waals surface area contributed by atoms with Crippen molar-refractivity contribution in [3.63, 3.8) is 0 Å². The molecule has 1 N–H and O–H groups in total. The largest absolute Gasteiger partial charge is 0.311 e. The lowest BCUT2D eigenvalue weighted by Crippen LogP contribution is -2.15. The SMILES string of the molecule is CC(=O)Nc1cc2c(cn1)cnn2-c1cc(C)nc(C(C)(F)F)n1. The van der Waals surface area contributed by atoms with Crippen LogP contribution in [0.1, 0.15) is 25.4 Å². The molecule has 3 heterocycles. The first kappa shape index (κ1) is 15.9. The zero-order chi connectivity index (χ0) is 17.5. The van der Waals surface area contributed by atoms with Gasteiger partial charge in [-0.2, -0.15) is 13.9 Å². The normalized spacial score (nSPS) is 11.7. The van der Waals surface area contributed by atoms with Crippen molar-refractivity contribution < 1.29 is 13.6 Å². The Morgan fingerprint density at radius 3 is 2.67 bits per heavy atom. The topological polar surface area (TPSA) is 85.6 Å². The van der Waals surface area contributed by atoms with Gasteiger partial charge in [-0.1, -0.05) is 0 Å². The van der Waals surface area contributed by atoms with E-state index in [0.717, 1.165) is 6.92 Å². The summed E-state index contributed by atoms with van der Waals surface area (Å²) in [4.78, 5) is 23.0. The summed E-state index contributed by atoms with van der Waals surface area (Å²) in [6.45, 7) is 3.72. The lowest BCUT2D eigenvalue weighted by atomic mass is 10.3. The van der Waals surface area contributed by atoms with E-state index in [2.05, 4.69) is 25.4 Å². The Bertz CT molecular complexity index is 931. The number of carbonyl (C=O) groups excluding carboxylic acids is 1. The number of nitrogens with zero attached hydrogens (tertiary/aromatic N) is 5. The van der Waals surface area contributed by atoms with Crippen molar-refractivity contribution in [1.82, 2.24) is 24.7 Å². The van der Waals surface area contributed by atoms with Crippen LogP contribution in [0.3, 0.4) is 0 Å². The quantitative estimate of drug-likeness (QED) is 0.797. The van der Waals surface area contributed by atoms with Crippen LogP contribution in [-0.2, 0) is 10.7 Å². The van der Waals surface area contributed by atoms with Gasteiger partial charge in [0.25, 0.3) is 0 Å². The first-order chi connectivity index (χ1) is 11.2. The second-order valence-corrected chi connectivity index (χ2v) is 5.45. The number of fused-ring (bicyclic) bond motifs is 1. The van der Waals surface area contributed by atoms with Crippen LogP contribution in [0, 0.1) is 6.92 Å². The molecular formula is C15H14F2N6O. The third-order valence-corrected chi connectivity index (χ3v) is 3.21. The zero-order valence-electron chi connectivity index (χ0n) is 13.2. The third-order valence-electron chi connectivity index (χ3n) is 3.21. The van der Waals surface area contributed by atoms with Crippen LogP contribution in [0.4, 0.5) is 14.6 Å². The summed E-state index contributed by atoms with van der Waals surface area (Å²) < 4.78 is 28.5. The zero-order valence-corrected chi connectivity index (χ0v) is 13.2. The fourth-order valence-electron chi connectivity index (χ4n) is 2.21. The lowest BCUT2D eigenvalue weighted by molar-refractivity contribution is -0.114. The third kappa shape index (κ3) is 3.05. The highest BCUT2D eigenvalue weighted by Crippen LogP contribution is 2.26. The maximum atomic E-state index is 13.6. The van der Waals surface area contributed by atoms with Crippen molar-refractivity contribution in [2.24, 2.45) is 0 Å². The van der Waals surface area contributed by atoms with Gasteiger partial charge in [0.15, 0.2) is 5.82 Å². The van der Waals surface area contributed by atoms with Gasteiger partial charge in [-0.25, -0.2) is 19.6 Å². The van der Waals surface area contributed by atoms with Crippen LogP contribution in [0.25, 0.3) is 16.7 Å². The maximum absolute atomic E-state index is 13.6. The molecule has 0 spiro atoms. The van der Waals surface area contributed by atoms with E-state index in [9.17, 15) is 13.6 Å². The molecule has 24 heavy (non-hydrogen) atoms. The highest BCUT2D eigenvalue weighted by atomic mass is 19.3. The molecule has 7 nitrogen and oxygen atoms in total. The fourth-order valence-corrected chi connectivity index (χ4v) is 2.21. The molecule has 0 unspecified atom stereocenters. The Hall–Kier alpha value is -2.97. The molecule has 0 aliphatic rings. The van der Waals surface area contributed by atoms with Gasteiger partial charge in [-0.15, -0.1) is 0 Å². The van der Waals surface area contributed by atoms with Gasteiger partial charge in [0.1, 0.15) is 5.82 Å². The van der Waals surface area contributed by atoms with Crippen molar-refractivity contribution in [1.29, 1.82) is 0 Å². The summed E-state index contributed by atoms with van der Waals surface area (Å²) in [7, 11) is 0. The van der Waals surface area contributed by atoms with Gasteiger partial charge in [-0.3, -0.25) is 4.79 Å². The highest BCUT2D eigenvalue weighted by Gasteiger charge is 2.29. The van der Waals surface area contributed by atoms with Crippen LogP contribution >= 0.6 is 0 Å². The average molecular weight is 332 g/mol. The molecule has 0 atom stereocenters. The number of carbonyl (C=O) groups is 1. The van der Waals surface area contributed by atoms with Gasteiger partial charge in [0.05, 0.1) is 11.7 Å². The van der Waals surface area contributed by atoms with Crippen molar-refractivity contribution in [2.45, 2.75) is 26.7 Å². The standard InChI is InChI=1S/C15H14F2N6O/c1-8-4-13(22-14(20-8)15(3,16)17)23-11-5-12(21-9(2)24)18-6-10(11)7-19-23/h4-7H,1-3H3,(H,18,21,24). The number of rotatable bonds is 3. The molecule has 9 heteroatoms. The Morgan fingerprint density at radius 1 is 1.25 bits per heavy atom. The van der Waals surface area contributed by atoms with E-state index in [-0.39, 0.29) is 11.7 Å². The van der Waals surface area contributed by atoms with Crippen molar-refractivity contribution >= 4 is 22.6 Å². The van der Waals surface area contributed by atoms with E-state index in [0.29, 0.717) is 22.4 Å². The molecule has 0 aliphatic carbocycles. The summed E-state index contributed by atoms with van der Waals surface area (Å²) in [5.74, 6) is -3.44. The predicted octanol–water partition coefficient (Wildman–Crippen LogP) is 2.59. The number of aryl methyl sites for hydroxylation is 1. The number of alkyl halides is 2. The lowest BCUT2D eigenvalue weighted by Gasteiger charge is -2.11. The molecule has 3 rings (SSSR count). The second kappa shape index (κ2) is 5.59. The molecule has 0 saturated heterocycles. The molecule has 0 fully saturated rings. The molecule has 0 bridgehead atoms. The number of amides is 1. The van der Waals surface area contributed by atoms with Crippen molar-refractivity contribution in [2.75, 3.05) is 5.32 Å². The van der Waals surface area contributed by atoms with Gasteiger partial charge < -0.3 is 5.32 Å². The van der Waals surface area contributed by atoms with Gasteiger partial charge in [0.2, 0.25) is 11.7 Å². The summed E-state index contributed by atoms with van der Waals surface area (Å²) in [5.41, 5.74) is 0.980. The van der Waals surface area contributed by atoms with E-state index in [4.69, 9.17) is 0 Å². The number of nitrogens with one attached hydrogen (secondary N) is 1. The Morgan fingerprint density at radius 2 is 2.00 bits per heavy atom. The Labute approximate surface area is 135 Å². The van der Waals surface area contributed by atoms with Crippen LogP contribution in [0.2, 0.25) is 0 Å².